The minimum Gasteiger partial charge on any atom is -0.353 e. The second kappa shape index (κ2) is 7.16. The van der Waals surface area contributed by atoms with Crippen molar-refractivity contribution in [1.82, 2.24) is 10.2 Å². The van der Waals surface area contributed by atoms with Crippen LogP contribution in [0.1, 0.15) is 66.2 Å². The Hall–Kier alpha value is -2.17. The lowest BCUT2D eigenvalue weighted by Crippen LogP contribution is -2.38. The van der Waals surface area contributed by atoms with Crippen molar-refractivity contribution in [2.45, 2.75) is 51.5 Å². The molecular formula is C19H24N2O3. The van der Waals surface area contributed by atoms with Crippen LogP contribution >= 0.6 is 0 Å². The lowest BCUT2D eigenvalue weighted by molar-refractivity contribution is -0.122. The Morgan fingerprint density at radius 1 is 1.17 bits per heavy atom. The van der Waals surface area contributed by atoms with Crippen molar-refractivity contribution < 1.29 is 14.4 Å². The van der Waals surface area contributed by atoms with Crippen molar-refractivity contribution in [3.05, 3.63) is 35.4 Å². The standard InChI is InChI=1S/C19H24N2O3/c1-13-6-4-7-14(12-13)20-17(22)10-5-11-21-18(23)15-8-2-3-9-16(15)19(21)24/h2-3,8-9,13-14H,4-7,10-12H2,1H3,(H,20,22). The highest BCUT2D eigenvalue weighted by Crippen LogP contribution is 2.24. The van der Waals surface area contributed by atoms with Crippen molar-refractivity contribution in [2.75, 3.05) is 6.54 Å². The monoisotopic (exact) mass is 328 g/mol. The van der Waals surface area contributed by atoms with Gasteiger partial charge in [0.15, 0.2) is 0 Å². The van der Waals surface area contributed by atoms with Crippen molar-refractivity contribution >= 4 is 17.7 Å². The van der Waals surface area contributed by atoms with E-state index in [-0.39, 0.29) is 23.8 Å². The molecule has 1 N–H and O–H groups in total. The zero-order valence-corrected chi connectivity index (χ0v) is 14.1. The molecule has 24 heavy (non-hydrogen) atoms. The minimum atomic E-state index is -0.253. The minimum absolute atomic E-state index is 0.0192. The molecule has 3 amide bonds. The van der Waals surface area contributed by atoms with Gasteiger partial charge in [0.2, 0.25) is 5.91 Å². The molecule has 1 aromatic rings. The molecule has 1 aliphatic heterocycles. The first-order valence-corrected chi connectivity index (χ1v) is 8.81. The maximum atomic E-state index is 12.2. The van der Waals surface area contributed by atoms with E-state index in [0.717, 1.165) is 12.8 Å². The molecule has 0 saturated heterocycles. The van der Waals surface area contributed by atoms with Gasteiger partial charge < -0.3 is 5.32 Å². The fourth-order valence-corrected chi connectivity index (χ4v) is 3.70. The summed E-state index contributed by atoms with van der Waals surface area (Å²) in [5, 5.41) is 3.09. The Morgan fingerprint density at radius 3 is 2.46 bits per heavy atom. The van der Waals surface area contributed by atoms with Gasteiger partial charge in [0, 0.05) is 19.0 Å². The van der Waals surface area contributed by atoms with Crippen LogP contribution in [0.4, 0.5) is 0 Å². The molecule has 0 spiro atoms. The molecule has 0 radical (unpaired) electrons. The summed E-state index contributed by atoms with van der Waals surface area (Å²) in [4.78, 5) is 37.8. The molecule has 2 atom stereocenters. The van der Waals surface area contributed by atoms with Crippen molar-refractivity contribution in [1.29, 1.82) is 0 Å². The molecular weight excluding hydrogens is 304 g/mol. The van der Waals surface area contributed by atoms with Crippen LogP contribution in [0.5, 0.6) is 0 Å². The number of hydrogen-bond donors (Lipinski definition) is 1. The highest BCUT2D eigenvalue weighted by atomic mass is 16.2. The molecule has 3 rings (SSSR count). The number of imide groups is 1. The maximum Gasteiger partial charge on any atom is 0.261 e. The van der Waals surface area contributed by atoms with Gasteiger partial charge in [0.25, 0.3) is 11.8 Å². The zero-order valence-electron chi connectivity index (χ0n) is 14.1. The van der Waals surface area contributed by atoms with Gasteiger partial charge in [0.05, 0.1) is 11.1 Å². The summed E-state index contributed by atoms with van der Waals surface area (Å²) >= 11 is 0. The third-order valence-electron chi connectivity index (χ3n) is 4.97. The number of carbonyl (C=O) groups is 3. The molecule has 5 heteroatoms. The first-order valence-electron chi connectivity index (χ1n) is 8.81. The highest BCUT2D eigenvalue weighted by molar-refractivity contribution is 6.21. The number of nitrogens with one attached hydrogen (secondary N) is 1. The molecule has 1 aromatic carbocycles. The van der Waals surface area contributed by atoms with Gasteiger partial charge in [-0.15, -0.1) is 0 Å². The Balaban J connectivity index is 1.46. The normalized spacial score (nSPS) is 23.3. The van der Waals surface area contributed by atoms with E-state index in [1.54, 1.807) is 24.3 Å². The van der Waals surface area contributed by atoms with Crippen LogP contribution in [-0.2, 0) is 4.79 Å². The number of fused-ring (bicyclic) bond motifs is 1. The third kappa shape index (κ3) is 3.50. The van der Waals surface area contributed by atoms with Gasteiger partial charge in [0.1, 0.15) is 0 Å². The van der Waals surface area contributed by atoms with E-state index in [0.29, 0.717) is 36.4 Å². The summed E-state index contributed by atoms with van der Waals surface area (Å²) in [7, 11) is 0. The topological polar surface area (TPSA) is 66.5 Å². The fraction of sp³-hybridized carbons (Fsp3) is 0.526. The largest absolute Gasteiger partial charge is 0.353 e. The molecule has 5 nitrogen and oxygen atoms in total. The van der Waals surface area contributed by atoms with E-state index >= 15 is 0 Å². The smallest absolute Gasteiger partial charge is 0.261 e. The number of amides is 3. The van der Waals surface area contributed by atoms with Crippen LogP contribution in [0.3, 0.4) is 0 Å². The number of rotatable bonds is 5. The first-order chi connectivity index (χ1) is 11.6. The molecule has 0 aromatic heterocycles. The second-order valence-electron chi connectivity index (χ2n) is 6.95. The summed E-state index contributed by atoms with van der Waals surface area (Å²) in [6.07, 6.45) is 5.35. The lowest BCUT2D eigenvalue weighted by Gasteiger charge is -2.27. The Bertz CT molecular complexity index is 621. The highest BCUT2D eigenvalue weighted by Gasteiger charge is 2.34. The molecule has 1 fully saturated rings. The van der Waals surface area contributed by atoms with Gasteiger partial charge in [-0.05, 0) is 37.3 Å². The molecule has 1 saturated carbocycles. The SMILES string of the molecule is CC1CCCC(NC(=O)CCCN2C(=O)c3ccccc3C2=O)C1. The zero-order chi connectivity index (χ0) is 17.1. The quantitative estimate of drug-likeness (QED) is 0.845. The number of hydrogen-bond acceptors (Lipinski definition) is 3. The fourth-order valence-electron chi connectivity index (χ4n) is 3.70. The van der Waals surface area contributed by atoms with E-state index < -0.39 is 0 Å². The van der Waals surface area contributed by atoms with Crippen molar-refractivity contribution in [3.63, 3.8) is 0 Å². The van der Waals surface area contributed by atoms with E-state index in [1.165, 1.54) is 17.7 Å². The summed E-state index contributed by atoms with van der Waals surface area (Å²) in [6.45, 7) is 2.52. The van der Waals surface area contributed by atoms with Crippen LogP contribution in [0.25, 0.3) is 0 Å². The predicted octanol–water partition coefficient (Wildman–Crippen LogP) is 2.76. The van der Waals surface area contributed by atoms with Crippen LogP contribution < -0.4 is 5.32 Å². The Labute approximate surface area is 142 Å². The predicted molar refractivity (Wildman–Crippen MR) is 90.6 cm³/mol. The Kier molecular flexibility index (Phi) is 4.97. The molecule has 128 valence electrons. The van der Waals surface area contributed by atoms with E-state index in [2.05, 4.69) is 12.2 Å². The van der Waals surface area contributed by atoms with E-state index in [1.807, 2.05) is 0 Å². The van der Waals surface area contributed by atoms with Gasteiger partial charge in [-0.25, -0.2) is 0 Å². The van der Waals surface area contributed by atoms with Crippen LogP contribution in [0, 0.1) is 5.92 Å². The van der Waals surface area contributed by atoms with E-state index in [9.17, 15) is 14.4 Å². The number of benzene rings is 1. The second-order valence-corrected chi connectivity index (χ2v) is 6.95. The summed E-state index contributed by atoms with van der Waals surface area (Å²) in [5.74, 6) is 0.183. The summed E-state index contributed by atoms with van der Waals surface area (Å²) in [5.41, 5.74) is 0.922. The number of nitrogens with zero attached hydrogens (tertiary/aromatic N) is 1. The Morgan fingerprint density at radius 2 is 1.83 bits per heavy atom. The average Bonchev–Trinajstić information content (AvgIpc) is 2.80. The van der Waals surface area contributed by atoms with Crippen molar-refractivity contribution in [2.24, 2.45) is 5.92 Å². The summed E-state index contributed by atoms with van der Waals surface area (Å²) in [6, 6.07) is 7.14. The number of carbonyl (C=O) groups excluding carboxylic acids is 3. The molecule has 2 unspecified atom stereocenters. The molecule has 1 heterocycles. The average molecular weight is 328 g/mol. The third-order valence-corrected chi connectivity index (χ3v) is 4.97. The lowest BCUT2D eigenvalue weighted by atomic mass is 9.87. The molecule has 0 bridgehead atoms. The van der Waals surface area contributed by atoms with Crippen molar-refractivity contribution in [3.8, 4) is 0 Å². The summed E-state index contributed by atoms with van der Waals surface area (Å²) < 4.78 is 0. The maximum absolute atomic E-state index is 12.2. The van der Waals surface area contributed by atoms with Crippen LogP contribution in [0.2, 0.25) is 0 Å². The van der Waals surface area contributed by atoms with Crippen LogP contribution in [-0.4, -0.2) is 35.2 Å². The molecule has 1 aliphatic carbocycles. The van der Waals surface area contributed by atoms with Crippen LogP contribution in [0.15, 0.2) is 24.3 Å². The van der Waals surface area contributed by atoms with Gasteiger partial charge in [-0.2, -0.15) is 0 Å². The first kappa shape index (κ1) is 16.7. The van der Waals surface area contributed by atoms with E-state index in [4.69, 9.17) is 0 Å². The van der Waals surface area contributed by atoms with Gasteiger partial charge in [-0.3, -0.25) is 19.3 Å². The van der Waals surface area contributed by atoms with Gasteiger partial charge in [-0.1, -0.05) is 31.9 Å². The van der Waals surface area contributed by atoms with Gasteiger partial charge >= 0.3 is 0 Å². The molecule has 2 aliphatic rings.